The van der Waals surface area contributed by atoms with E-state index in [0.717, 1.165) is 22.3 Å². The average Bonchev–Trinajstić information content (AvgIpc) is 3.07. The molecule has 0 aromatic heterocycles. The molecule has 13 atom stereocenters. The number of aliphatic hydroxyl groups is 3. The first-order chi connectivity index (χ1) is 24.1. The number of carbonyl (C=O) groups is 2. The molecule has 52 heavy (non-hydrogen) atoms. The van der Waals surface area contributed by atoms with Crippen LogP contribution >= 0.6 is 0 Å². The van der Waals surface area contributed by atoms with Gasteiger partial charge < -0.3 is 44.0 Å². The number of hydrogen-bond acceptors (Lipinski definition) is 12. The Labute approximate surface area is 311 Å². The fraction of sp³-hybridized carbons (Fsp3) is 0.775. The zero-order valence-electron chi connectivity index (χ0n) is 33.9. The summed E-state index contributed by atoms with van der Waals surface area (Å²) >= 11 is 0. The minimum atomic E-state index is -1.91. The van der Waals surface area contributed by atoms with Gasteiger partial charge in [0, 0.05) is 30.9 Å². The Morgan fingerprint density at radius 2 is 1.60 bits per heavy atom. The molecule has 3 rings (SSSR count). The number of aliphatic hydroxyl groups excluding tert-OH is 2. The van der Waals surface area contributed by atoms with Gasteiger partial charge in [-0.3, -0.25) is 9.59 Å². The van der Waals surface area contributed by atoms with Crippen molar-refractivity contribution in [1.29, 1.82) is 0 Å². The van der Waals surface area contributed by atoms with E-state index in [1.54, 1.807) is 20.8 Å². The summed E-state index contributed by atoms with van der Waals surface area (Å²) in [5, 5.41) is 39.7. The lowest BCUT2D eigenvalue weighted by atomic mass is 9.74. The first-order valence-electron chi connectivity index (χ1n) is 18.7. The number of likely N-dealkylation sites (N-methyl/N-ethyl adjacent to an activating group) is 1. The Morgan fingerprint density at radius 3 is 2.13 bits per heavy atom. The Hall–Kier alpha value is -2.45. The molecular formula is C40H66N2O10. The highest BCUT2D eigenvalue weighted by Crippen LogP contribution is 2.38. The van der Waals surface area contributed by atoms with E-state index in [1.165, 1.54) is 21.0 Å². The van der Waals surface area contributed by atoms with Gasteiger partial charge >= 0.3 is 5.97 Å². The molecule has 3 N–H and O–H groups in total. The van der Waals surface area contributed by atoms with Gasteiger partial charge in [0.15, 0.2) is 12.1 Å². The molecule has 0 amide bonds. The van der Waals surface area contributed by atoms with Gasteiger partial charge in [-0.15, -0.1) is 0 Å². The van der Waals surface area contributed by atoms with Gasteiger partial charge in [0.25, 0.3) is 0 Å². The molecule has 12 heteroatoms. The lowest BCUT2D eigenvalue weighted by Gasteiger charge is -2.47. The molecule has 2 saturated heterocycles. The van der Waals surface area contributed by atoms with Crippen molar-refractivity contribution < 1.29 is 48.7 Å². The molecule has 2 heterocycles. The second kappa shape index (κ2) is 17.8. The van der Waals surface area contributed by atoms with E-state index in [9.17, 15) is 24.9 Å². The zero-order valence-corrected chi connectivity index (χ0v) is 33.9. The summed E-state index contributed by atoms with van der Waals surface area (Å²) in [5.74, 6) is -4.68. The summed E-state index contributed by atoms with van der Waals surface area (Å²) in [6.45, 7) is 20.0. The quantitative estimate of drug-likeness (QED) is 0.194. The molecule has 0 saturated carbocycles. The van der Waals surface area contributed by atoms with Crippen LogP contribution in [0.1, 0.15) is 96.9 Å². The summed E-state index contributed by atoms with van der Waals surface area (Å²) in [6, 6.07) is 3.90. The Morgan fingerprint density at radius 1 is 1.00 bits per heavy atom. The number of rotatable bonds is 8. The molecule has 12 nitrogen and oxygen atoms in total. The normalized spacial score (nSPS) is 39.3. The van der Waals surface area contributed by atoms with Crippen molar-refractivity contribution in [3.8, 4) is 0 Å². The van der Waals surface area contributed by atoms with Crippen LogP contribution in [0.2, 0.25) is 0 Å². The SMILES string of the molecule is CC[C@H]1OC(=O)[C@H](C)C(=O)[C@H](C)[C@@H](O[C@@H]2O[C@H](C)C[C@H](N(C)C)[C@H]2O)[C@](C)(OC)C[C@@H](C)/C(=N\OCc2c(C)cc(C)cc2C)[C@H](C)[C@@H](O)[C@]1(C)O. The van der Waals surface area contributed by atoms with Crippen LogP contribution in [0.4, 0.5) is 0 Å². The maximum Gasteiger partial charge on any atom is 0.316 e. The number of esters is 1. The van der Waals surface area contributed by atoms with Crippen molar-refractivity contribution in [1.82, 2.24) is 4.90 Å². The summed E-state index contributed by atoms with van der Waals surface area (Å²) in [6.07, 6.45) is -4.98. The lowest BCUT2D eigenvalue weighted by molar-refractivity contribution is -0.295. The van der Waals surface area contributed by atoms with E-state index in [0.29, 0.717) is 12.1 Å². The minimum absolute atomic E-state index is 0.180. The van der Waals surface area contributed by atoms with Gasteiger partial charge in [-0.2, -0.15) is 0 Å². The molecule has 1 aromatic rings. The standard InChI is InChI=1S/C40H66N2O10/c1-15-31-40(11,47)35(45)26(7)32(41-49-20-29-22(3)16-21(2)17-23(29)4)24(5)19-39(10,48-14)36(27(8)33(43)28(9)37(46)51-31)52-38-34(44)30(42(12)13)18-25(6)50-38/h16-17,24-28,30-31,34-36,38,44-45,47H,15,18-20H2,1-14H3/b41-32+/t24-,25-,26+,27+,28-,30+,31-,34-,35-,36-,38+,39-,40-/m1/s1. The highest BCUT2D eigenvalue weighted by molar-refractivity contribution is 6.00. The van der Waals surface area contributed by atoms with Crippen LogP contribution < -0.4 is 0 Å². The molecule has 0 unspecified atom stereocenters. The van der Waals surface area contributed by atoms with Gasteiger partial charge in [-0.1, -0.05) is 50.5 Å². The number of Topliss-reactive ketones (excluding diaryl/α,β-unsaturated/α-hetero) is 1. The number of cyclic esters (lactones) is 1. The molecule has 2 fully saturated rings. The van der Waals surface area contributed by atoms with Crippen molar-refractivity contribution in [2.75, 3.05) is 21.2 Å². The van der Waals surface area contributed by atoms with Crippen LogP contribution in [0.3, 0.4) is 0 Å². The Kier molecular flexibility index (Phi) is 15.0. The van der Waals surface area contributed by atoms with Crippen LogP contribution in [-0.4, -0.2) is 113 Å². The number of nitrogens with zero attached hydrogens (tertiary/aromatic N) is 2. The Bertz CT molecular complexity index is 1390. The van der Waals surface area contributed by atoms with Crippen LogP contribution in [0, 0.1) is 44.4 Å². The number of benzene rings is 1. The smallest absolute Gasteiger partial charge is 0.316 e. The monoisotopic (exact) mass is 734 g/mol. The predicted molar refractivity (Wildman–Crippen MR) is 199 cm³/mol. The number of oxime groups is 1. The van der Waals surface area contributed by atoms with Gasteiger partial charge in [0.05, 0.1) is 29.6 Å². The molecular weight excluding hydrogens is 668 g/mol. The first-order valence-corrected chi connectivity index (χ1v) is 18.7. The van der Waals surface area contributed by atoms with Gasteiger partial charge in [-0.05, 0) is 98.5 Å². The van der Waals surface area contributed by atoms with Gasteiger partial charge in [-0.25, -0.2) is 0 Å². The largest absolute Gasteiger partial charge is 0.459 e. The summed E-state index contributed by atoms with van der Waals surface area (Å²) in [7, 11) is 5.29. The highest BCUT2D eigenvalue weighted by atomic mass is 16.7. The van der Waals surface area contributed by atoms with Gasteiger partial charge in [0.1, 0.15) is 30.3 Å². The number of methoxy groups -OCH3 is 1. The third kappa shape index (κ3) is 9.61. The third-order valence-electron chi connectivity index (χ3n) is 11.6. The van der Waals surface area contributed by atoms with Crippen molar-refractivity contribution in [3.05, 3.63) is 34.4 Å². The topological polar surface area (TPSA) is 157 Å². The van der Waals surface area contributed by atoms with E-state index in [-0.39, 0.29) is 31.6 Å². The fourth-order valence-corrected chi connectivity index (χ4v) is 8.23. The van der Waals surface area contributed by atoms with Crippen molar-refractivity contribution in [3.63, 3.8) is 0 Å². The maximum atomic E-state index is 14.2. The summed E-state index contributed by atoms with van der Waals surface area (Å²) in [4.78, 5) is 35.7. The number of ketones is 1. The van der Waals surface area contributed by atoms with E-state index in [4.69, 9.17) is 23.8 Å². The molecule has 296 valence electrons. The van der Waals surface area contributed by atoms with Crippen LogP contribution in [-0.2, 0) is 40.0 Å². The first kappa shape index (κ1) is 44.0. The van der Waals surface area contributed by atoms with Crippen LogP contribution in [0.5, 0.6) is 0 Å². The van der Waals surface area contributed by atoms with E-state index >= 15 is 0 Å². The number of carbonyl (C=O) groups excluding carboxylic acids is 2. The van der Waals surface area contributed by atoms with Crippen molar-refractivity contribution in [2.45, 2.75) is 156 Å². The molecule has 2 aliphatic rings. The number of hydrogen-bond donors (Lipinski definition) is 3. The summed E-state index contributed by atoms with van der Waals surface area (Å²) < 4.78 is 24.8. The van der Waals surface area contributed by atoms with E-state index in [1.807, 2.05) is 60.5 Å². The molecule has 0 bridgehead atoms. The van der Waals surface area contributed by atoms with Crippen LogP contribution in [0.15, 0.2) is 17.3 Å². The third-order valence-corrected chi connectivity index (χ3v) is 11.6. The average molecular weight is 735 g/mol. The molecule has 1 aromatic carbocycles. The highest BCUT2D eigenvalue weighted by Gasteiger charge is 2.51. The Balaban J connectivity index is 2.17. The van der Waals surface area contributed by atoms with Crippen molar-refractivity contribution >= 4 is 17.5 Å². The molecule has 0 aliphatic carbocycles. The zero-order chi connectivity index (χ0) is 39.5. The molecule has 0 spiro atoms. The minimum Gasteiger partial charge on any atom is -0.459 e. The van der Waals surface area contributed by atoms with Gasteiger partial charge in [0.2, 0.25) is 0 Å². The second-order valence-corrected chi connectivity index (χ2v) is 16.1. The fourth-order valence-electron chi connectivity index (χ4n) is 8.23. The number of ether oxygens (including phenoxy) is 4. The van der Waals surface area contributed by atoms with E-state index < -0.39 is 77.3 Å². The van der Waals surface area contributed by atoms with Crippen molar-refractivity contribution in [2.24, 2.45) is 28.8 Å². The summed E-state index contributed by atoms with van der Waals surface area (Å²) in [5.41, 5.74) is 1.59. The van der Waals surface area contributed by atoms with Crippen LogP contribution in [0.25, 0.3) is 0 Å². The maximum absolute atomic E-state index is 14.2. The second-order valence-electron chi connectivity index (χ2n) is 16.1. The predicted octanol–water partition coefficient (Wildman–Crippen LogP) is 4.65. The van der Waals surface area contributed by atoms with E-state index in [2.05, 4.69) is 17.3 Å². The number of aryl methyl sites for hydroxylation is 3. The molecule has 0 radical (unpaired) electrons. The lowest BCUT2D eigenvalue weighted by Crippen LogP contribution is -2.60. The molecule has 2 aliphatic heterocycles.